The maximum atomic E-state index is 12.1. The van der Waals surface area contributed by atoms with E-state index in [4.69, 9.17) is 9.47 Å². The van der Waals surface area contributed by atoms with E-state index in [0.717, 1.165) is 6.54 Å². The first-order valence-electron chi connectivity index (χ1n) is 6.62. The van der Waals surface area contributed by atoms with Gasteiger partial charge in [0.2, 0.25) is 0 Å². The first kappa shape index (κ1) is 16.3. The SMILES string of the molecule is COc1ccc(C(=O)NCC(C)CN(C)C)cc1OC. The summed E-state index contributed by atoms with van der Waals surface area (Å²) >= 11 is 0. The number of carbonyl (C=O) groups is 1. The Hall–Kier alpha value is -1.75. The molecule has 1 unspecified atom stereocenters. The van der Waals surface area contributed by atoms with Crippen LogP contribution in [0.2, 0.25) is 0 Å². The van der Waals surface area contributed by atoms with E-state index in [-0.39, 0.29) is 5.91 Å². The highest BCUT2D eigenvalue weighted by atomic mass is 16.5. The van der Waals surface area contributed by atoms with E-state index in [9.17, 15) is 4.79 Å². The summed E-state index contributed by atoms with van der Waals surface area (Å²) in [4.78, 5) is 14.2. The lowest BCUT2D eigenvalue weighted by Gasteiger charge is -2.17. The fourth-order valence-electron chi connectivity index (χ4n) is 2.03. The summed E-state index contributed by atoms with van der Waals surface area (Å²) in [6.45, 7) is 3.69. The Morgan fingerprint density at radius 2 is 1.90 bits per heavy atom. The molecule has 1 aromatic carbocycles. The number of hydrogen-bond acceptors (Lipinski definition) is 4. The van der Waals surface area contributed by atoms with Gasteiger partial charge in [0.15, 0.2) is 11.5 Å². The molecule has 0 spiro atoms. The molecule has 0 aliphatic heterocycles. The molecular formula is C15H24N2O3. The molecule has 0 bridgehead atoms. The highest BCUT2D eigenvalue weighted by molar-refractivity contribution is 5.94. The molecule has 5 heteroatoms. The van der Waals surface area contributed by atoms with E-state index in [1.807, 2.05) is 14.1 Å². The van der Waals surface area contributed by atoms with Gasteiger partial charge in [-0.3, -0.25) is 4.79 Å². The van der Waals surface area contributed by atoms with Gasteiger partial charge in [0.1, 0.15) is 0 Å². The second-order valence-electron chi connectivity index (χ2n) is 5.15. The van der Waals surface area contributed by atoms with Gasteiger partial charge in [-0.1, -0.05) is 6.92 Å². The fraction of sp³-hybridized carbons (Fsp3) is 0.533. The second kappa shape index (κ2) is 7.75. The van der Waals surface area contributed by atoms with Gasteiger partial charge in [0.25, 0.3) is 5.91 Å². The van der Waals surface area contributed by atoms with Crippen molar-refractivity contribution in [1.29, 1.82) is 0 Å². The van der Waals surface area contributed by atoms with E-state index >= 15 is 0 Å². The number of nitrogens with one attached hydrogen (secondary N) is 1. The Morgan fingerprint density at radius 1 is 1.25 bits per heavy atom. The van der Waals surface area contributed by atoms with Crippen molar-refractivity contribution in [2.75, 3.05) is 41.4 Å². The summed E-state index contributed by atoms with van der Waals surface area (Å²) in [5.74, 6) is 1.47. The van der Waals surface area contributed by atoms with Crippen molar-refractivity contribution in [3.63, 3.8) is 0 Å². The fourth-order valence-corrected chi connectivity index (χ4v) is 2.03. The molecular weight excluding hydrogens is 256 g/mol. The average molecular weight is 280 g/mol. The van der Waals surface area contributed by atoms with Crippen LogP contribution in [-0.2, 0) is 0 Å². The molecule has 1 amide bonds. The first-order valence-corrected chi connectivity index (χ1v) is 6.62. The zero-order valence-corrected chi connectivity index (χ0v) is 12.9. The van der Waals surface area contributed by atoms with Gasteiger partial charge in [0, 0.05) is 18.7 Å². The number of hydrogen-bond donors (Lipinski definition) is 1. The first-order chi connectivity index (χ1) is 9.47. The third-order valence-corrected chi connectivity index (χ3v) is 2.93. The van der Waals surface area contributed by atoms with Crippen LogP contribution in [0.5, 0.6) is 11.5 Å². The molecule has 1 aromatic rings. The third-order valence-electron chi connectivity index (χ3n) is 2.93. The highest BCUT2D eigenvalue weighted by Gasteiger charge is 2.12. The molecule has 5 nitrogen and oxygen atoms in total. The minimum Gasteiger partial charge on any atom is -0.493 e. The quantitative estimate of drug-likeness (QED) is 0.825. The molecule has 112 valence electrons. The minimum atomic E-state index is -0.100. The Bertz CT molecular complexity index is 447. The van der Waals surface area contributed by atoms with Crippen molar-refractivity contribution < 1.29 is 14.3 Å². The Kier molecular flexibility index (Phi) is 6.31. The van der Waals surface area contributed by atoms with Crippen LogP contribution in [0, 0.1) is 5.92 Å². The number of amides is 1. The van der Waals surface area contributed by atoms with Gasteiger partial charge in [0.05, 0.1) is 14.2 Å². The Morgan fingerprint density at radius 3 is 2.45 bits per heavy atom. The highest BCUT2D eigenvalue weighted by Crippen LogP contribution is 2.27. The van der Waals surface area contributed by atoms with Crippen molar-refractivity contribution >= 4 is 5.91 Å². The second-order valence-corrected chi connectivity index (χ2v) is 5.15. The number of rotatable bonds is 7. The summed E-state index contributed by atoms with van der Waals surface area (Å²) < 4.78 is 10.3. The van der Waals surface area contributed by atoms with Crippen LogP contribution >= 0.6 is 0 Å². The molecule has 20 heavy (non-hydrogen) atoms. The van der Waals surface area contributed by atoms with Crippen LogP contribution in [0.15, 0.2) is 18.2 Å². The standard InChI is InChI=1S/C15H24N2O3/c1-11(10-17(2)3)9-16-15(18)12-6-7-13(19-4)14(8-12)20-5/h6-8,11H,9-10H2,1-5H3,(H,16,18). The number of benzene rings is 1. The molecule has 0 saturated heterocycles. The van der Waals surface area contributed by atoms with Crippen molar-refractivity contribution in [3.05, 3.63) is 23.8 Å². The van der Waals surface area contributed by atoms with Crippen molar-refractivity contribution in [2.24, 2.45) is 5.92 Å². The van der Waals surface area contributed by atoms with E-state index in [1.54, 1.807) is 32.4 Å². The normalized spacial score (nSPS) is 12.1. The minimum absolute atomic E-state index is 0.100. The summed E-state index contributed by atoms with van der Waals surface area (Å²) in [6.07, 6.45) is 0. The van der Waals surface area contributed by atoms with Crippen LogP contribution < -0.4 is 14.8 Å². The van der Waals surface area contributed by atoms with Gasteiger partial charge in [-0.2, -0.15) is 0 Å². The van der Waals surface area contributed by atoms with E-state index < -0.39 is 0 Å². The van der Waals surface area contributed by atoms with Crippen molar-refractivity contribution in [1.82, 2.24) is 10.2 Å². The maximum Gasteiger partial charge on any atom is 0.251 e. The van der Waals surface area contributed by atoms with E-state index in [0.29, 0.717) is 29.5 Å². The lowest BCUT2D eigenvalue weighted by molar-refractivity contribution is 0.0945. The molecule has 0 fully saturated rings. The average Bonchev–Trinajstić information content (AvgIpc) is 2.43. The zero-order chi connectivity index (χ0) is 15.1. The third kappa shape index (κ3) is 4.74. The number of carbonyl (C=O) groups excluding carboxylic acids is 1. The van der Waals surface area contributed by atoms with E-state index in [2.05, 4.69) is 17.1 Å². The number of ether oxygens (including phenoxy) is 2. The van der Waals surface area contributed by atoms with Gasteiger partial charge < -0.3 is 19.7 Å². The predicted molar refractivity (Wildman–Crippen MR) is 79.6 cm³/mol. The molecule has 1 atom stereocenters. The molecule has 0 aliphatic rings. The van der Waals surface area contributed by atoms with Gasteiger partial charge in [-0.25, -0.2) is 0 Å². The molecule has 1 rings (SSSR count). The lowest BCUT2D eigenvalue weighted by Crippen LogP contribution is -2.32. The smallest absolute Gasteiger partial charge is 0.251 e. The van der Waals surface area contributed by atoms with Gasteiger partial charge in [-0.15, -0.1) is 0 Å². The molecule has 0 saturated carbocycles. The molecule has 0 aliphatic carbocycles. The van der Waals surface area contributed by atoms with Crippen LogP contribution in [-0.4, -0.2) is 52.2 Å². The largest absolute Gasteiger partial charge is 0.493 e. The van der Waals surface area contributed by atoms with Crippen molar-refractivity contribution in [3.8, 4) is 11.5 Å². The van der Waals surface area contributed by atoms with Crippen LogP contribution in [0.3, 0.4) is 0 Å². The van der Waals surface area contributed by atoms with Gasteiger partial charge >= 0.3 is 0 Å². The lowest BCUT2D eigenvalue weighted by atomic mass is 10.1. The zero-order valence-electron chi connectivity index (χ0n) is 12.9. The van der Waals surface area contributed by atoms with Gasteiger partial charge in [-0.05, 0) is 38.2 Å². The summed E-state index contributed by atoms with van der Waals surface area (Å²) in [5.41, 5.74) is 0.569. The molecule has 0 radical (unpaired) electrons. The van der Waals surface area contributed by atoms with Crippen LogP contribution in [0.25, 0.3) is 0 Å². The van der Waals surface area contributed by atoms with Crippen LogP contribution in [0.1, 0.15) is 17.3 Å². The van der Waals surface area contributed by atoms with Crippen LogP contribution in [0.4, 0.5) is 0 Å². The monoisotopic (exact) mass is 280 g/mol. The predicted octanol–water partition coefficient (Wildman–Crippen LogP) is 1.63. The molecule has 1 N–H and O–H groups in total. The topological polar surface area (TPSA) is 50.8 Å². The summed E-state index contributed by atoms with van der Waals surface area (Å²) in [7, 11) is 7.17. The molecule has 0 heterocycles. The maximum absolute atomic E-state index is 12.1. The Balaban J connectivity index is 2.64. The summed E-state index contributed by atoms with van der Waals surface area (Å²) in [6, 6.07) is 5.15. The van der Waals surface area contributed by atoms with Crippen molar-refractivity contribution in [2.45, 2.75) is 6.92 Å². The Labute approximate surface area is 120 Å². The summed E-state index contributed by atoms with van der Waals surface area (Å²) in [5, 5.41) is 2.93. The molecule has 0 aromatic heterocycles. The number of methoxy groups -OCH3 is 2. The number of nitrogens with zero attached hydrogens (tertiary/aromatic N) is 1. The van der Waals surface area contributed by atoms with E-state index in [1.165, 1.54) is 0 Å².